The van der Waals surface area contributed by atoms with Crippen LogP contribution in [0.5, 0.6) is 0 Å². The van der Waals surface area contributed by atoms with Crippen molar-refractivity contribution in [1.82, 2.24) is 0 Å². The Labute approximate surface area is 174 Å². The lowest BCUT2D eigenvalue weighted by atomic mass is 9.96. The third-order valence-electron chi connectivity index (χ3n) is 5.12. The van der Waals surface area contributed by atoms with Gasteiger partial charge in [-0.25, -0.2) is 0 Å². The van der Waals surface area contributed by atoms with Crippen molar-refractivity contribution >= 4 is 39.9 Å². The van der Waals surface area contributed by atoms with Crippen LogP contribution in [-0.4, -0.2) is 16.9 Å². The molecule has 0 bridgehead atoms. The Morgan fingerprint density at radius 1 is 0.767 bits per heavy atom. The van der Waals surface area contributed by atoms with Crippen molar-refractivity contribution < 1.29 is 9.59 Å². The molecule has 1 heterocycles. The number of nitriles is 2. The van der Waals surface area contributed by atoms with E-state index in [9.17, 15) is 20.1 Å². The van der Waals surface area contributed by atoms with Gasteiger partial charge in [0.25, 0.3) is 0 Å². The number of carbonyl (C=O) groups excluding carboxylic acids is 2. The number of rotatable bonds is 3. The maximum atomic E-state index is 12.2. The molecule has 1 aliphatic heterocycles. The number of carbonyl (C=O) groups is 2. The van der Waals surface area contributed by atoms with Gasteiger partial charge in [-0.05, 0) is 46.6 Å². The smallest absolute Gasteiger partial charge is 0.186 e. The van der Waals surface area contributed by atoms with Crippen LogP contribution in [0, 0.1) is 22.7 Å². The molecule has 0 radical (unpaired) electrons. The summed E-state index contributed by atoms with van der Waals surface area (Å²) in [7, 11) is 0. The van der Waals surface area contributed by atoms with Crippen LogP contribution in [0.3, 0.4) is 0 Å². The van der Waals surface area contributed by atoms with Gasteiger partial charge in [0.2, 0.25) is 0 Å². The molecule has 1 unspecified atom stereocenters. The molecule has 0 spiro atoms. The van der Waals surface area contributed by atoms with Gasteiger partial charge < -0.3 is 0 Å². The van der Waals surface area contributed by atoms with E-state index in [1.165, 1.54) is 18.2 Å². The van der Waals surface area contributed by atoms with Crippen molar-refractivity contribution in [2.45, 2.75) is 0 Å². The zero-order valence-corrected chi connectivity index (χ0v) is 16.7. The minimum atomic E-state index is -2.62. The largest absolute Gasteiger partial charge is 0.290 e. The van der Waals surface area contributed by atoms with Crippen LogP contribution in [0.15, 0.2) is 96.4 Å². The first kappa shape index (κ1) is 19.3. The quantitative estimate of drug-likeness (QED) is 0.578. The first-order chi connectivity index (χ1) is 14.6. The second kappa shape index (κ2) is 7.80. The normalized spacial score (nSPS) is 20.3. The molecule has 0 N–H and O–H groups in total. The highest BCUT2D eigenvalue weighted by atomic mass is 31.2. The Balaban J connectivity index is 1.97. The predicted octanol–water partition coefficient (Wildman–Crippen LogP) is 3.42. The van der Waals surface area contributed by atoms with Crippen molar-refractivity contribution in [2.24, 2.45) is 0 Å². The summed E-state index contributed by atoms with van der Waals surface area (Å²) in [6, 6.07) is 21.5. The summed E-state index contributed by atoms with van der Waals surface area (Å²) in [4.78, 5) is 23.9. The molecule has 1 aliphatic carbocycles. The Hall–Kier alpha value is -3.98. The minimum Gasteiger partial charge on any atom is -0.290 e. The lowest BCUT2D eigenvalue weighted by molar-refractivity contribution is -0.113. The summed E-state index contributed by atoms with van der Waals surface area (Å²) >= 11 is 0. The molecule has 2 aromatic rings. The van der Waals surface area contributed by atoms with Crippen LogP contribution in [0.1, 0.15) is 5.56 Å². The molecule has 4 nitrogen and oxygen atoms in total. The zero-order valence-electron chi connectivity index (χ0n) is 15.8. The van der Waals surface area contributed by atoms with Crippen molar-refractivity contribution in [3.8, 4) is 12.1 Å². The minimum absolute atomic E-state index is 0.225. The maximum absolute atomic E-state index is 12.2. The summed E-state index contributed by atoms with van der Waals surface area (Å²) in [5.74, 6) is -0.452. The summed E-state index contributed by atoms with van der Waals surface area (Å²) in [5, 5.41) is 22.7. The number of ketones is 2. The van der Waals surface area contributed by atoms with Gasteiger partial charge in [-0.1, -0.05) is 60.7 Å². The molecular weight excluding hydrogens is 391 g/mol. The average Bonchev–Trinajstić information content (AvgIpc) is 2.80. The van der Waals surface area contributed by atoms with E-state index in [-0.39, 0.29) is 11.6 Å². The fourth-order valence-electron chi connectivity index (χ4n) is 3.76. The second-order valence-electron chi connectivity index (χ2n) is 6.73. The zero-order chi connectivity index (χ0) is 21.1. The highest BCUT2D eigenvalue weighted by molar-refractivity contribution is 7.93. The van der Waals surface area contributed by atoms with Crippen LogP contribution in [0.2, 0.25) is 0 Å². The van der Waals surface area contributed by atoms with Crippen LogP contribution in [0.25, 0.3) is 5.57 Å². The van der Waals surface area contributed by atoms with E-state index < -0.39 is 6.89 Å². The molecule has 142 valence electrons. The molecule has 0 fully saturated rings. The fraction of sp³-hybridized carbons (Fsp3) is 0. The topological polar surface area (TPSA) is 81.7 Å². The molecule has 4 rings (SSSR count). The van der Waals surface area contributed by atoms with E-state index in [4.69, 9.17) is 0 Å². The molecular formula is C25H15N2O2P. The van der Waals surface area contributed by atoms with Gasteiger partial charge >= 0.3 is 0 Å². The van der Waals surface area contributed by atoms with Crippen LogP contribution in [0.4, 0.5) is 0 Å². The SMILES string of the molecule is N#CC1=CC=CC(C#N)=P1(c1ccccc1)c1ccc(C2=CC(=O)C=CC2=O)cc1. The first-order valence-electron chi connectivity index (χ1n) is 9.21. The lowest BCUT2D eigenvalue weighted by Crippen LogP contribution is -2.23. The Bertz CT molecular complexity index is 1330. The summed E-state index contributed by atoms with van der Waals surface area (Å²) in [6.07, 6.45) is 9.13. The summed E-state index contributed by atoms with van der Waals surface area (Å²) in [5.41, 5.74) is 0.964. The number of hydrogen-bond acceptors (Lipinski definition) is 4. The lowest BCUT2D eigenvalue weighted by Gasteiger charge is -2.30. The first-order valence-corrected chi connectivity index (χ1v) is 11.0. The monoisotopic (exact) mass is 406 g/mol. The van der Waals surface area contributed by atoms with Gasteiger partial charge in [-0.3, -0.25) is 9.59 Å². The fourth-order valence-corrected chi connectivity index (χ4v) is 7.57. The third kappa shape index (κ3) is 3.01. The molecule has 0 aromatic heterocycles. The van der Waals surface area contributed by atoms with E-state index in [1.54, 1.807) is 30.4 Å². The Morgan fingerprint density at radius 3 is 2.13 bits per heavy atom. The van der Waals surface area contributed by atoms with Crippen LogP contribution < -0.4 is 10.6 Å². The van der Waals surface area contributed by atoms with Crippen LogP contribution >= 0.6 is 6.89 Å². The van der Waals surface area contributed by atoms with Gasteiger partial charge in [0.15, 0.2) is 11.6 Å². The molecule has 0 saturated carbocycles. The molecule has 30 heavy (non-hydrogen) atoms. The molecule has 5 heteroatoms. The van der Waals surface area contributed by atoms with Crippen molar-refractivity contribution in [3.63, 3.8) is 0 Å². The average molecular weight is 406 g/mol. The van der Waals surface area contributed by atoms with Gasteiger partial charge in [0, 0.05) is 12.5 Å². The summed E-state index contributed by atoms with van der Waals surface area (Å²) in [6.45, 7) is -2.62. The van der Waals surface area contributed by atoms with Gasteiger partial charge in [0.05, 0.1) is 10.6 Å². The van der Waals surface area contributed by atoms with Gasteiger partial charge in [0.1, 0.15) is 12.1 Å². The highest BCUT2D eigenvalue weighted by Crippen LogP contribution is 2.56. The maximum Gasteiger partial charge on any atom is 0.186 e. The second-order valence-corrected chi connectivity index (χ2v) is 10.1. The van der Waals surface area contributed by atoms with Gasteiger partial charge in [-0.15, -0.1) is 0 Å². The van der Waals surface area contributed by atoms with Crippen molar-refractivity contribution in [1.29, 1.82) is 10.5 Å². The predicted molar refractivity (Wildman–Crippen MR) is 120 cm³/mol. The van der Waals surface area contributed by atoms with E-state index in [0.29, 0.717) is 21.7 Å². The molecule has 2 aliphatic rings. The third-order valence-corrected chi connectivity index (χ3v) is 9.21. The van der Waals surface area contributed by atoms with Crippen molar-refractivity contribution in [3.05, 3.63) is 102 Å². The standard InChI is InChI=1S/C25H15N2O2P/c26-16-22-7-4-8-23(17-27)30(22,20-5-2-1-3-6-20)21-12-9-18(10-13-21)24-15-19(28)11-14-25(24)29/h1-15H. The van der Waals surface area contributed by atoms with Gasteiger partial charge in [-0.2, -0.15) is 10.5 Å². The van der Waals surface area contributed by atoms with E-state index in [2.05, 4.69) is 12.1 Å². The van der Waals surface area contributed by atoms with Crippen molar-refractivity contribution in [2.75, 3.05) is 0 Å². The Kier molecular flexibility index (Phi) is 5.03. The highest BCUT2D eigenvalue weighted by Gasteiger charge is 2.33. The number of benzene rings is 2. The molecule has 0 saturated heterocycles. The number of nitrogens with zero attached hydrogens (tertiary/aromatic N) is 2. The van der Waals surface area contributed by atoms with E-state index in [0.717, 1.165) is 10.6 Å². The molecule has 1 atom stereocenters. The van der Waals surface area contributed by atoms with E-state index in [1.807, 2.05) is 42.5 Å². The number of allylic oxidation sites excluding steroid dienone is 8. The molecule has 0 amide bonds. The number of hydrogen-bond donors (Lipinski definition) is 0. The van der Waals surface area contributed by atoms with Crippen LogP contribution in [-0.2, 0) is 9.59 Å². The van der Waals surface area contributed by atoms with E-state index >= 15 is 0 Å². The Morgan fingerprint density at radius 2 is 1.47 bits per heavy atom. The summed E-state index contributed by atoms with van der Waals surface area (Å²) < 4.78 is 0. The molecule has 2 aromatic carbocycles.